The fourth-order valence-electron chi connectivity index (χ4n) is 1.74. The van der Waals surface area contributed by atoms with Crippen LogP contribution in [0.2, 0.25) is 0 Å². The lowest BCUT2D eigenvalue weighted by Crippen LogP contribution is -2.30. The maximum absolute atomic E-state index is 10.3. The first-order chi connectivity index (χ1) is 7.68. The highest BCUT2D eigenvalue weighted by atomic mass is 32.2. The molecule has 0 radical (unpaired) electrons. The van der Waals surface area contributed by atoms with Crippen molar-refractivity contribution in [2.24, 2.45) is 0 Å². The van der Waals surface area contributed by atoms with Crippen LogP contribution in [0.3, 0.4) is 0 Å². The Morgan fingerprint density at radius 2 is 2.25 bits per heavy atom. The molecule has 2 rings (SSSR count). The van der Waals surface area contributed by atoms with Gasteiger partial charge in [-0.25, -0.2) is 0 Å². The Hall–Kier alpha value is -0.190. The van der Waals surface area contributed by atoms with Crippen LogP contribution in [0.25, 0.3) is 0 Å². The molecule has 88 valence electrons. The zero-order chi connectivity index (χ0) is 11.5. The van der Waals surface area contributed by atoms with E-state index in [1.165, 1.54) is 0 Å². The van der Waals surface area contributed by atoms with Crippen molar-refractivity contribution in [2.75, 3.05) is 5.75 Å². The maximum Gasteiger partial charge on any atom is 0.0931 e. The molecule has 1 aliphatic rings. The van der Waals surface area contributed by atoms with Gasteiger partial charge in [0.15, 0.2) is 0 Å². The van der Waals surface area contributed by atoms with E-state index in [-0.39, 0.29) is 6.10 Å². The molecule has 4 heteroatoms. The van der Waals surface area contributed by atoms with E-state index in [0.29, 0.717) is 15.7 Å². The average Bonchev–Trinajstić information content (AvgIpc) is 2.33. The molecule has 2 heterocycles. The molecule has 0 amide bonds. The predicted molar refractivity (Wildman–Crippen MR) is 72.0 cm³/mol. The molecule has 4 unspecified atom stereocenters. The van der Waals surface area contributed by atoms with Crippen LogP contribution in [0, 0.1) is 0 Å². The van der Waals surface area contributed by atoms with Gasteiger partial charge < -0.3 is 5.11 Å². The normalized spacial score (nSPS) is 32.3. The number of thioether (sulfide) groups is 2. The lowest BCUT2D eigenvalue weighted by molar-refractivity contribution is 0.180. The Morgan fingerprint density at radius 3 is 2.88 bits per heavy atom. The molecular formula is C12H17NOS2. The van der Waals surface area contributed by atoms with Crippen molar-refractivity contribution in [3.8, 4) is 0 Å². The van der Waals surface area contributed by atoms with E-state index < -0.39 is 0 Å². The minimum atomic E-state index is -0.388. The molecule has 1 aromatic heterocycles. The van der Waals surface area contributed by atoms with Gasteiger partial charge in [0.2, 0.25) is 0 Å². The van der Waals surface area contributed by atoms with Crippen molar-refractivity contribution in [3.05, 3.63) is 30.1 Å². The Bertz CT molecular complexity index is 333. The summed E-state index contributed by atoms with van der Waals surface area (Å²) in [6.07, 6.45) is 3.11. The van der Waals surface area contributed by atoms with Crippen molar-refractivity contribution in [1.82, 2.24) is 4.98 Å². The van der Waals surface area contributed by atoms with Crippen molar-refractivity contribution in [2.45, 2.75) is 35.7 Å². The summed E-state index contributed by atoms with van der Waals surface area (Å²) in [5.41, 5.74) is 0.933. The molecule has 2 nitrogen and oxygen atoms in total. The quantitative estimate of drug-likeness (QED) is 0.881. The third kappa shape index (κ3) is 2.73. The molecule has 4 atom stereocenters. The summed E-state index contributed by atoms with van der Waals surface area (Å²) in [5.74, 6) is 1.02. The van der Waals surface area contributed by atoms with Crippen LogP contribution in [0.5, 0.6) is 0 Å². The second-order valence-electron chi connectivity index (χ2n) is 4.15. The molecule has 1 N–H and O–H groups in total. The van der Waals surface area contributed by atoms with E-state index in [2.05, 4.69) is 18.8 Å². The van der Waals surface area contributed by atoms with Gasteiger partial charge in [-0.15, -0.1) is 0 Å². The highest BCUT2D eigenvalue weighted by Crippen LogP contribution is 2.40. The van der Waals surface area contributed by atoms with Crippen LogP contribution >= 0.6 is 23.5 Å². The van der Waals surface area contributed by atoms with Crippen LogP contribution in [-0.2, 0) is 0 Å². The Balaban J connectivity index is 2.03. The highest BCUT2D eigenvalue weighted by Gasteiger charge is 2.31. The monoisotopic (exact) mass is 255 g/mol. The molecular weight excluding hydrogens is 238 g/mol. The van der Waals surface area contributed by atoms with Crippen LogP contribution in [0.4, 0.5) is 0 Å². The first-order valence-corrected chi connectivity index (χ1v) is 7.52. The Morgan fingerprint density at radius 1 is 1.44 bits per heavy atom. The van der Waals surface area contributed by atoms with Gasteiger partial charge in [-0.3, -0.25) is 4.98 Å². The fraction of sp³-hybridized carbons (Fsp3) is 0.583. The van der Waals surface area contributed by atoms with Crippen molar-refractivity contribution >= 4 is 23.5 Å². The van der Waals surface area contributed by atoms with Gasteiger partial charge in [0, 0.05) is 33.9 Å². The third-order valence-electron chi connectivity index (χ3n) is 2.95. The smallest absolute Gasteiger partial charge is 0.0931 e. The molecule has 0 spiro atoms. The van der Waals surface area contributed by atoms with E-state index in [4.69, 9.17) is 0 Å². The minimum absolute atomic E-state index is 0.292. The van der Waals surface area contributed by atoms with E-state index in [1.807, 2.05) is 35.7 Å². The van der Waals surface area contributed by atoms with Gasteiger partial charge in [0.25, 0.3) is 0 Å². The first kappa shape index (κ1) is 12.3. The van der Waals surface area contributed by atoms with Gasteiger partial charge in [-0.2, -0.15) is 23.5 Å². The number of aliphatic hydroxyl groups is 1. The van der Waals surface area contributed by atoms with E-state index >= 15 is 0 Å². The van der Waals surface area contributed by atoms with E-state index in [1.54, 1.807) is 12.4 Å². The zero-order valence-corrected chi connectivity index (χ0v) is 11.2. The van der Waals surface area contributed by atoms with Gasteiger partial charge in [-0.05, 0) is 11.6 Å². The number of aromatic nitrogens is 1. The third-order valence-corrected chi connectivity index (χ3v) is 6.43. The Labute approximate surface area is 105 Å². The largest absolute Gasteiger partial charge is 0.387 e. The second kappa shape index (κ2) is 5.43. The molecule has 1 fully saturated rings. The number of hydrogen-bond acceptors (Lipinski definition) is 4. The van der Waals surface area contributed by atoms with Gasteiger partial charge in [-0.1, -0.05) is 19.9 Å². The summed E-state index contributed by atoms with van der Waals surface area (Å²) in [6.45, 7) is 4.50. The maximum atomic E-state index is 10.3. The topological polar surface area (TPSA) is 33.1 Å². The lowest BCUT2D eigenvalue weighted by atomic mass is 10.1. The highest BCUT2D eigenvalue weighted by molar-refractivity contribution is 8.07. The summed E-state index contributed by atoms with van der Waals surface area (Å²) in [7, 11) is 0. The molecule has 0 bridgehead atoms. The van der Waals surface area contributed by atoms with Crippen molar-refractivity contribution in [3.63, 3.8) is 0 Å². The van der Waals surface area contributed by atoms with Crippen LogP contribution < -0.4 is 0 Å². The Kier molecular flexibility index (Phi) is 4.16. The van der Waals surface area contributed by atoms with E-state index in [9.17, 15) is 5.11 Å². The molecule has 16 heavy (non-hydrogen) atoms. The number of rotatable bonds is 2. The SMILES string of the molecule is CC1SCC(C(O)c2cccnc2)SC1C. The second-order valence-corrected chi connectivity index (χ2v) is 7.18. The number of nitrogens with zero attached hydrogens (tertiary/aromatic N) is 1. The van der Waals surface area contributed by atoms with Crippen molar-refractivity contribution in [1.29, 1.82) is 0 Å². The predicted octanol–water partition coefficient (Wildman–Crippen LogP) is 2.74. The van der Waals surface area contributed by atoms with Crippen molar-refractivity contribution < 1.29 is 5.11 Å². The first-order valence-electron chi connectivity index (χ1n) is 5.53. The molecule has 1 saturated heterocycles. The number of aliphatic hydroxyl groups excluding tert-OH is 1. The zero-order valence-electron chi connectivity index (χ0n) is 9.54. The summed E-state index contributed by atoms with van der Waals surface area (Å²) >= 11 is 3.85. The van der Waals surface area contributed by atoms with Crippen LogP contribution in [0.15, 0.2) is 24.5 Å². The molecule has 0 saturated carbocycles. The summed E-state index contributed by atoms with van der Waals surface area (Å²) in [5, 5.41) is 11.9. The summed E-state index contributed by atoms with van der Waals surface area (Å²) < 4.78 is 0. The molecule has 1 aromatic rings. The molecule has 0 aliphatic carbocycles. The standard InChI is InChI=1S/C12H17NOS2/c1-8-9(2)16-11(7-15-8)12(14)10-4-3-5-13-6-10/h3-6,8-9,11-12,14H,7H2,1-2H3. The molecule has 0 aromatic carbocycles. The summed E-state index contributed by atoms with van der Waals surface area (Å²) in [6, 6.07) is 3.83. The number of pyridine rings is 1. The van der Waals surface area contributed by atoms with Gasteiger partial charge in [0.05, 0.1) is 6.10 Å². The van der Waals surface area contributed by atoms with Crippen LogP contribution in [0.1, 0.15) is 25.5 Å². The average molecular weight is 255 g/mol. The lowest BCUT2D eigenvalue weighted by Gasteiger charge is -2.33. The van der Waals surface area contributed by atoms with Gasteiger partial charge >= 0.3 is 0 Å². The van der Waals surface area contributed by atoms with E-state index in [0.717, 1.165) is 11.3 Å². The number of hydrogen-bond donors (Lipinski definition) is 1. The summed E-state index contributed by atoms with van der Waals surface area (Å²) in [4.78, 5) is 4.06. The molecule has 1 aliphatic heterocycles. The van der Waals surface area contributed by atoms with Gasteiger partial charge in [0.1, 0.15) is 0 Å². The van der Waals surface area contributed by atoms with Crippen LogP contribution in [-0.4, -0.2) is 31.6 Å². The minimum Gasteiger partial charge on any atom is -0.387 e. The fourth-order valence-corrected chi connectivity index (χ4v) is 4.74.